The summed E-state index contributed by atoms with van der Waals surface area (Å²) in [6.45, 7) is 8.13. The van der Waals surface area contributed by atoms with E-state index in [4.69, 9.17) is 4.74 Å². The summed E-state index contributed by atoms with van der Waals surface area (Å²) in [7, 11) is 3.59. The lowest BCUT2D eigenvalue weighted by Gasteiger charge is -2.19. The number of amides is 1. The van der Waals surface area contributed by atoms with Crippen molar-refractivity contribution < 1.29 is 9.53 Å². The predicted molar refractivity (Wildman–Crippen MR) is 107 cm³/mol. The Morgan fingerprint density at radius 3 is 2.70 bits per heavy atom. The number of fused-ring (bicyclic) bond motifs is 1. The molecule has 0 aliphatic heterocycles. The average molecular weight is 366 g/mol. The van der Waals surface area contributed by atoms with Crippen molar-refractivity contribution in [3.05, 3.63) is 47.2 Å². The van der Waals surface area contributed by atoms with E-state index in [0.29, 0.717) is 11.8 Å². The van der Waals surface area contributed by atoms with Gasteiger partial charge in [-0.3, -0.25) is 4.79 Å². The van der Waals surface area contributed by atoms with Crippen LogP contribution in [-0.4, -0.2) is 34.3 Å². The second-order valence-electron chi connectivity index (χ2n) is 7.20. The van der Waals surface area contributed by atoms with Crippen molar-refractivity contribution in [2.24, 2.45) is 7.05 Å². The van der Waals surface area contributed by atoms with E-state index < -0.39 is 0 Å². The number of ether oxygens (including phenoxy) is 1. The van der Waals surface area contributed by atoms with Crippen molar-refractivity contribution in [2.45, 2.75) is 33.6 Å². The van der Waals surface area contributed by atoms with E-state index in [1.54, 1.807) is 16.6 Å². The second kappa shape index (κ2) is 7.39. The summed E-state index contributed by atoms with van der Waals surface area (Å²) in [5, 5.41) is 5.24. The third kappa shape index (κ3) is 3.79. The number of benzene rings is 1. The Morgan fingerprint density at radius 2 is 2.00 bits per heavy atom. The Morgan fingerprint density at radius 1 is 1.26 bits per heavy atom. The Balaban J connectivity index is 1.78. The fraction of sp³-hybridized carbons (Fsp3) is 0.381. The van der Waals surface area contributed by atoms with Crippen LogP contribution in [0.1, 0.15) is 36.6 Å². The van der Waals surface area contributed by atoms with Crippen LogP contribution >= 0.6 is 0 Å². The number of rotatable bonds is 5. The van der Waals surface area contributed by atoms with Crippen molar-refractivity contribution in [2.75, 3.05) is 18.6 Å². The van der Waals surface area contributed by atoms with E-state index in [1.807, 2.05) is 45.2 Å². The van der Waals surface area contributed by atoms with E-state index in [9.17, 15) is 4.79 Å². The van der Waals surface area contributed by atoms with Gasteiger partial charge < -0.3 is 9.64 Å². The SMILES string of the molecule is Cc1cc(C)c2c(OCC(=O)N(C)c3cccc(C(C)C)c3)nn(C)c2n1. The number of likely N-dealkylation sites (N-methyl/N-ethyl adjacent to an activating group) is 1. The molecule has 0 saturated carbocycles. The maximum Gasteiger partial charge on any atom is 0.264 e. The van der Waals surface area contributed by atoms with Gasteiger partial charge in [0.25, 0.3) is 5.91 Å². The molecule has 0 spiro atoms. The zero-order valence-corrected chi connectivity index (χ0v) is 16.8. The third-order valence-electron chi connectivity index (χ3n) is 4.72. The summed E-state index contributed by atoms with van der Waals surface area (Å²) in [5.74, 6) is 0.714. The smallest absolute Gasteiger partial charge is 0.264 e. The monoisotopic (exact) mass is 366 g/mol. The minimum Gasteiger partial charge on any atom is -0.466 e. The first-order chi connectivity index (χ1) is 12.8. The lowest BCUT2D eigenvalue weighted by molar-refractivity contribution is -0.120. The molecule has 1 aromatic carbocycles. The first-order valence-electron chi connectivity index (χ1n) is 9.08. The number of hydrogen-bond donors (Lipinski definition) is 0. The topological polar surface area (TPSA) is 60.2 Å². The van der Waals surface area contributed by atoms with Crippen molar-refractivity contribution in [1.29, 1.82) is 0 Å². The lowest BCUT2D eigenvalue weighted by atomic mass is 10.0. The van der Waals surface area contributed by atoms with Crippen LogP contribution in [0.15, 0.2) is 30.3 Å². The molecule has 1 amide bonds. The van der Waals surface area contributed by atoms with Crippen molar-refractivity contribution in [1.82, 2.24) is 14.8 Å². The summed E-state index contributed by atoms with van der Waals surface area (Å²) < 4.78 is 7.47. The fourth-order valence-corrected chi connectivity index (χ4v) is 3.11. The lowest BCUT2D eigenvalue weighted by Crippen LogP contribution is -2.31. The highest BCUT2D eigenvalue weighted by molar-refractivity contribution is 5.94. The van der Waals surface area contributed by atoms with E-state index >= 15 is 0 Å². The molecule has 6 heteroatoms. The van der Waals surface area contributed by atoms with Gasteiger partial charge in [-0.15, -0.1) is 5.10 Å². The Hall–Kier alpha value is -2.89. The molecule has 0 aliphatic rings. The van der Waals surface area contributed by atoms with Gasteiger partial charge in [0.1, 0.15) is 0 Å². The maximum atomic E-state index is 12.6. The van der Waals surface area contributed by atoms with Gasteiger partial charge in [-0.25, -0.2) is 9.67 Å². The number of carbonyl (C=O) groups excluding carboxylic acids is 1. The average Bonchev–Trinajstić information content (AvgIpc) is 2.95. The van der Waals surface area contributed by atoms with Gasteiger partial charge in [-0.2, -0.15) is 0 Å². The summed E-state index contributed by atoms with van der Waals surface area (Å²) in [6, 6.07) is 9.99. The van der Waals surface area contributed by atoms with Gasteiger partial charge in [-0.1, -0.05) is 26.0 Å². The number of pyridine rings is 1. The van der Waals surface area contributed by atoms with Crippen LogP contribution < -0.4 is 9.64 Å². The van der Waals surface area contributed by atoms with Gasteiger partial charge in [0.2, 0.25) is 5.88 Å². The number of nitrogens with zero attached hydrogens (tertiary/aromatic N) is 4. The molecule has 2 heterocycles. The molecule has 3 rings (SSSR count). The molecule has 0 aliphatic carbocycles. The number of carbonyl (C=O) groups is 1. The van der Waals surface area contributed by atoms with Crippen LogP contribution in [0.3, 0.4) is 0 Å². The van der Waals surface area contributed by atoms with Gasteiger partial charge in [0.15, 0.2) is 12.3 Å². The molecule has 0 bridgehead atoms. The highest BCUT2D eigenvalue weighted by atomic mass is 16.5. The van der Waals surface area contributed by atoms with E-state index in [-0.39, 0.29) is 12.5 Å². The number of aromatic nitrogens is 3. The summed E-state index contributed by atoms with van der Waals surface area (Å²) in [5.41, 5.74) is 4.77. The van der Waals surface area contributed by atoms with Crippen LogP contribution in [0.25, 0.3) is 11.0 Å². The van der Waals surface area contributed by atoms with Crippen LogP contribution in [0.5, 0.6) is 5.88 Å². The van der Waals surface area contributed by atoms with E-state index in [2.05, 4.69) is 30.0 Å². The zero-order valence-electron chi connectivity index (χ0n) is 16.8. The normalized spacial score (nSPS) is 11.2. The minimum absolute atomic E-state index is 0.0815. The quantitative estimate of drug-likeness (QED) is 0.690. The first kappa shape index (κ1) is 18.9. The molecule has 6 nitrogen and oxygen atoms in total. The standard InChI is InChI=1S/C21H26N4O2/c1-13(2)16-8-7-9-17(11-16)24(5)18(26)12-27-21-19-14(3)10-15(4)22-20(19)25(6)23-21/h7-11,13H,12H2,1-6H3. The molecule has 0 N–H and O–H groups in total. The Bertz CT molecular complexity index is 991. The van der Waals surface area contributed by atoms with Crippen LogP contribution in [-0.2, 0) is 11.8 Å². The molecule has 0 radical (unpaired) electrons. The van der Waals surface area contributed by atoms with Crippen LogP contribution in [0, 0.1) is 13.8 Å². The van der Waals surface area contributed by atoms with Gasteiger partial charge in [0.05, 0.1) is 5.39 Å². The molecule has 0 fully saturated rings. The summed E-state index contributed by atoms with van der Waals surface area (Å²) in [6.07, 6.45) is 0. The van der Waals surface area contributed by atoms with Crippen molar-refractivity contribution >= 4 is 22.6 Å². The number of hydrogen-bond acceptors (Lipinski definition) is 4. The molecule has 27 heavy (non-hydrogen) atoms. The molecular formula is C21H26N4O2. The summed E-state index contributed by atoms with van der Waals surface area (Å²) >= 11 is 0. The Kier molecular flexibility index (Phi) is 5.17. The number of anilines is 1. The first-order valence-corrected chi connectivity index (χ1v) is 9.08. The summed E-state index contributed by atoms with van der Waals surface area (Å²) in [4.78, 5) is 18.8. The van der Waals surface area contributed by atoms with E-state index in [1.165, 1.54) is 5.56 Å². The maximum absolute atomic E-state index is 12.6. The molecule has 0 atom stereocenters. The van der Waals surface area contributed by atoms with Crippen LogP contribution in [0.4, 0.5) is 5.69 Å². The number of aryl methyl sites for hydroxylation is 3. The van der Waals surface area contributed by atoms with E-state index in [0.717, 1.165) is 28.0 Å². The van der Waals surface area contributed by atoms with Gasteiger partial charge >= 0.3 is 0 Å². The highest BCUT2D eigenvalue weighted by Gasteiger charge is 2.18. The van der Waals surface area contributed by atoms with Crippen LogP contribution in [0.2, 0.25) is 0 Å². The van der Waals surface area contributed by atoms with Crippen molar-refractivity contribution in [3.8, 4) is 5.88 Å². The molecule has 142 valence electrons. The zero-order chi connectivity index (χ0) is 19.7. The van der Waals surface area contributed by atoms with Crippen molar-refractivity contribution in [3.63, 3.8) is 0 Å². The highest BCUT2D eigenvalue weighted by Crippen LogP contribution is 2.27. The minimum atomic E-state index is -0.132. The predicted octanol–water partition coefficient (Wildman–Crippen LogP) is 3.75. The second-order valence-corrected chi connectivity index (χ2v) is 7.20. The van der Waals surface area contributed by atoms with Gasteiger partial charge in [-0.05, 0) is 49.1 Å². The third-order valence-corrected chi connectivity index (χ3v) is 4.72. The Labute approximate surface area is 159 Å². The fourth-order valence-electron chi connectivity index (χ4n) is 3.11. The molecule has 0 saturated heterocycles. The molecule has 2 aromatic heterocycles. The largest absolute Gasteiger partial charge is 0.466 e. The van der Waals surface area contributed by atoms with Gasteiger partial charge in [0, 0.05) is 25.5 Å². The molecule has 3 aromatic rings. The molecular weight excluding hydrogens is 340 g/mol. The molecule has 0 unspecified atom stereocenters.